The highest BCUT2D eigenvalue weighted by atomic mass is 16.6. The zero-order valence-electron chi connectivity index (χ0n) is 8.32. The lowest BCUT2D eigenvalue weighted by Crippen LogP contribution is -2.59. The lowest BCUT2D eigenvalue weighted by atomic mass is 9.62. The third-order valence-electron chi connectivity index (χ3n) is 3.94. The molecular formula is C11H12O4. The van der Waals surface area contributed by atoms with Crippen molar-refractivity contribution in [1.82, 2.24) is 0 Å². The second kappa shape index (κ2) is 2.43. The highest BCUT2D eigenvalue weighted by Crippen LogP contribution is 2.66. The van der Waals surface area contributed by atoms with Crippen LogP contribution in [0.5, 0.6) is 0 Å². The van der Waals surface area contributed by atoms with Crippen LogP contribution in [0.25, 0.3) is 0 Å². The normalized spacial score (nSPS) is 45.3. The van der Waals surface area contributed by atoms with E-state index in [4.69, 9.17) is 9.47 Å². The molecule has 0 aromatic rings. The van der Waals surface area contributed by atoms with Crippen LogP contribution in [-0.4, -0.2) is 23.1 Å². The predicted molar refractivity (Wildman–Crippen MR) is 49.8 cm³/mol. The van der Waals surface area contributed by atoms with Crippen molar-refractivity contribution in [2.75, 3.05) is 0 Å². The van der Waals surface area contributed by atoms with Gasteiger partial charge in [0.2, 0.25) is 5.60 Å². The lowest BCUT2D eigenvalue weighted by Gasteiger charge is -2.44. The predicted octanol–water partition coefficient (Wildman–Crippen LogP) is 0.954. The van der Waals surface area contributed by atoms with Gasteiger partial charge in [0, 0.05) is 12.5 Å². The lowest BCUT2D eigenvalue weighted by molar-refractivity contribution is -0.178. The van der Waals surface area contributed by atoms with Gasteiger partial charge in [-0.1, -0.05) is 6.58 Å². The molecule has 4 fully saturated rings. The van der Waals surface area contributed by atoms with Crippen LogP contribution in [0, 0.1) is 5.92 Å². The molecule has 3 atom stereocenters. The standard InChI is InChI=1S/C11H12O4/c1-2-8(12)14-11-6-10(15-9(11)13)5-3-4-7(10)11/h2,7H,1,3-6H2. The van der Waals surface area contributed by atoms with Crippen molar-refractivity contribution < 1.29 is 19.1 Å². The third kappa shape index (κ3) is 0.833. The Kier molecular flexibility index (Phi) is 1.45. The van der Waals surface area contributed by atoms with Gasteiger partial charge >= 0.3 is 11.9 Å². The minimum atomic E-state index is -0.970. The van der Waals surface area contributed by atoms with E-state index < -0.39 is 11.6 Å². The third-order valence-corrected chi connectivity index (χ3v) is 3.94. The Bertz CT molecular complexity index is 375. The van der Waals surface area contributed by atoms with Crippen molar-refractivity contribution in [1.29, 1.82) is 0 Å². The molecule has 0 radical (unpaired) electrons. The molecule has 0 N–H and O–H groups in total. The van der Waals surface area contributed by atoms with E-state index in [9.17, 15) is 9.59 Å². The molecule has 4 nitrogen and oxygen atoms in total. The zero-order chi connectivity index (χ0) is 10.7. The summed E-state index contributed by atoms with van der Waals surface area (Å²) in [5.74, 6) is -0.807. The Balaban J connectivity index is 1.90. The summed E-state index contributed by atoms with van der Waals surface area (Å²) in [6.07, 6.45) is 4.51. The van der Waals surface area contributed by atoms with Gasteiger partial charge < -0.3 is 9.47 Å². The summed E-state index contributed by atoms with van der Waals surface area (Å²) >= 11 is 0. The fraction of sp³-hybridized carbons (Fsp3) is 0.636. The first-order chi connectivity index (χ1) is 7.13. The van der Waals surface area contributed by atoms with E-state index in [0.717, 1.165) is 25.3 Å². The molecule has 2 saturated carbocycles. The summed E-state index contributed by atoms with van der Waals surface area (Å²) in [6.45, 7) is 3.33. The van der Waals surface area contributed by atoms with Gasteiger partial charge in [-0.05, 0) is 19.3 Å². The van der Waals surface area contributed by atoms with E-state index >= 15 is 0 Å². The van der Waals surface area contributed by atoms with Crippen molar-refractivity contribution in [2.24, 2.45) is 5.92 Å². The SMILES string of the molecule is C=CC(=O)OC12CC3(CCCC31)OC2=O. The number of esters is 2. The summed E-state index contributed by atoms with van der Waals surface area (Å²) in [6, 6.07) is 0. The molecule has 3 unspecified atom stereocenters. The van der Waals surface area contributed by atoms with Crippen LogP contribution in [0.4, 0.5) is 0 Å². The zero-order valence-corrected chi connectivity index (χ0v) is 8.32. The Morgan fingerprint density at radius 2 is 2.47 bits per heavy atom. The van der Waals surface area contributed by atoms with Crippen LogP contribution in [0.15, 0.2) is 12.7 Å². The first-order valence-corrected chi connectivity index (χ1v) is 5.22. The van der Waals surface area contributed by atoms with Gasteiger partial charge in [0.05, 0.1) is 5.92 Å². The Labute approximate surface area is 87.2 Å². The maximum absolute atomic E-state index is 11.7. The molecule has 4 heteroatoms. The minimum absolute atomic E-state index is 0.0846. The first-order valence-electron chi connectivity index (χ1n) is 5.22. The Hall–Kier alpha value is -1.32. The van der Waals surface area contributed by atoms with E-state index in [0.29, 0.717) is 6.42 Å². The maximum atomic E-state index is 11.7. The molecule has 15 heavy (non-hydrogen) atoms. The molecule has 0 aromatic heterocycles. The molecule has 80 valence electrons. The Morgan fingerprint density at radius 3 is 3.20 bits per heavy atom. The number of carbonyl (C=O) groups excluding carboxylic acids is 2. The van der Waals surface area contributed by atoms with Crippen LogP contribution in [0.1, 0.15) is 25.7 Å². The second-order valence-corrected chi connectivity index (χ2v) is 4.59. The van der Waals surface area contributed by atoms with Gasteiger partial charge in [-0.25, -0.2) is 9.59 Å². The van der Waals surface area contributed by atoms with Crippen molar-refractivity contribution >= 4 is 11.9 Å². The number of ether oxygens (including phenoxy) is 2. The van der Waals surface area contributed by atoms with E-state index in [1.807, 2.05) is 0 Å². The van der Waals surface area contributed by atoms with Gasteiger partial charge in [-0.2, -0.15) is 0 Å². The van der Waals surface area contributed by atoms with E-state index in [1.165, 1.54) is 0 Å². The van der Waals surface area contributed by atoms with Gasteiger partial charge in [-0.15, -0.1) is 0 Å². The second-order valence-electron chi connectivity index (χ2n) is 4.59. The molecule has 4 rings (SSSR count). The summed E-state index contributed by atoms with van der Waals surface area (Å²) in [5.41, 5.74) is -1.26. The molecular weight excluding hydrogens is 196 g/mol. The molecule has 1 spiro atoms. The van der Waals surface area contributed by atoms with Crippen molar-refractivity contribution in [3.05, 3.63) is 12.7 Å². The van der Waals surface area contributed by atoms with Crippen molar-refractivity contribution in [2.45, 2.75) is 36.9 Å². The largest absolute Gasteiger partial charge is 0.455 e. The average molecular weight is 208 g/mol. The average Bonchev–Trinajstić information content (AvgIpc) is 2.72. The van der Waals surface area contributed by atoms with Gasteiger partial charge in [0.25, 0.3) is 0 Å². The number of hydrogen-bond donors (Lipinski definition) is 0. The van der Waals surface area contributed by atoms with E-state index in [2.05, 4.69) is 6.58 Å². The molecule has 2 aliphatic heterocycles. The number of rotatable bonds is 2. The molecule has 2 heterocycles. The van der Waals surface area contributed by atoms with Gasteiger partial charge in [0.1, 0.15) is 5.60 Å². The highest BCUT2D eigenvalue weighted by Gasteiger charge is 2.80. The van der Waals surface area contributed by atoms with Crippen LogP contribution < -0.4 is 0 Å². The van der Waals surface area contributed by atoms with E-state index in [-0.39, 0.29) is 17.5 Å². The van der Waals surface area contributed by atoms with Crippen LogP contribution >= 0.6 is 0 Å². The van der Waals surface area contributed by atoms with Crippen LogP contribution in [-0.2, 0) is 19.1 Å². The van der Waals surface area contributed by atoms with Gasteiger partial charge in [-0.3, -0.25) is 0 Å². The molecule has 4 aliphatic rings. The summed E-state index contributed by atoms with van der Waals surface area (Å²) in [5, 5.41) is 0. The number of fused-ring (bicyclic) bond motifs is 1. The summed E-state index contributed by atoms with van der Waals surface area (Å²) in [7, 11) is 0. The number of hydrogen-bond acceptors (Lipinski definition) is 4. The molecule has 2 saturated heterocycles. The quantitative estimate of drug-likeness (QED) is 0.501. The summed E-state index contributed by atoms with van der Waals surface area (Å²) < 4.78 is 10.5. The molecule has 0 aromatic carbocycles. The monoisotopic (exact) mass is 208 g/mol. The van der Waals surface area contributed by atoms with Crippen molar-refractivity contribution in [3.8, 4) is 0 Å². The van der Waals surface area contributed by atoms with Gasteiger partial charge in [0.15, 0.2) is 0 Å². The molecule has 0 amide bonds. The minimum Gasteiger partial charge on any atom is -0.455 e. The van der Waals surface area contributed by atoms with Crippen LogP contribution in [0.3, 0.4) is 0 Å². The fourth-order valence-electron chi connectivity index (χ4n) is 3.36. The van der Waals surface area contributed by atoms with E-state index in [1.54, 1.807) is 0 Å². The molecule has 2 aliphatic carbocycles. The first kappa shape index (κ1) is 8.95. The van der Waals surface area contributed by atoms with Crippen molar-refractivity contribution in [3.63, 3.8) is 0 Å². The number of carbonyl (C=O) groups is 2. The summed E-state index contributed by atoms with van der Waals surface area (Å²) in [4.78, 5) is 22.8. The molecule has 2 bridgehead atoms. The fourth-order valence-corrected chi connectivity index (χ4v) is 3.36. The smallest absolute Gasteiger partial charge is 0.351 e. The maximum Gasteiger partial charge on any atom is 0.351 e. The Morgan fingerprint density at radius 1 is 1.67 bits per heavy atom. The van der Waals surface area contributed by atoms with Crippen LogP contribution in [0.2, 0.25) is 0 Å². The topological polar surface area (TPSA) is 52.6 Å². The highest BCUT2D eigenvalue weighted by molar-refractivity contribution is 5.92.